The smallest absolute Gasteiger partial charge is 0.233 e. The number of carbonyl (C=O) groups excluding carboxylic acids is 2. The average Bonchev–Trinajstić information content (AvgIpc) is 3.39. The van der Waals surface area contributed by atoms with E-state index in [0.29, 0.717) is 6.54 Å². The number of hydrogen-bond donors (Lipinski definition) is 1. The maximum Gasteiger partial charge on any atom is 0.233 e. The molecule has 5 unspecified atom stereocenters. The molecule has 4 aliphatic rings. The van der Waals surface area contributed by atoms with Crippen LogP contribution in [0, 0.1) is 23.7 Å². The number of pyridine rings is 1. The zero-order valence-corrected chi connectivity index (χ0v) is 15.9. The lowest BCUT2D eigenvalue weighted by molar-refractivity contribution is -0.142. The second-order valence-corrected chi connectivity index (χ2v) is 8.42. The molecule has 1 N–H and O–H groups in total. The van der Waals surface area contributed by atoms with Gasteiger partial charge in [-0.2, -0.15) is 0 Å². The Hall–Kier alpha value is -2.25. The molecule has 5 atom stereocenters. The first-order valence-electron chi connectivity index (χ1n) is 10.2. The summed E-state index contributed by atoms with van der Waals surface area (Å²) in [6.07, 6.45) is 6.21. The number of piperazine rings is 1. The first-order valence-corrected chi connectivity index (χ1v) is 10.2. The Kier molecular flexibility index (Phi) is 4.44. The van der Waals surface area contributed by atoms with Crippen molar-refractivity contribution in [2.75, 3.05) is 44.2 Å². The summed E-state index contributed by atoms with van der Waals surface area (Å²) in [4.78, 5) is 35.6. The number of allylic oxidation sites excluding steroid dienone is 2. The minimum atomic E-state index is -0.710. The van der Waals surface area contributed by atoms with Gasteiger partial charge >= 0.3 is 0 Å². The van der Waals surface area contributed by atoms with Crippen LogP contribution in [0.1, 0.15) is 6.42 Å². The molecule has 5 rings (SSSR count). The highest BCUT2D eigenvalue weighted by Crippen LogP contribution is 2.52. The van der Waals surface area contributed by atoms with E-state index in [4.69, 9.17) is 0 Å². The fourth-order valence-electron chi connectivity index (χ4n) is 5.41. The number of fused-ring (bicyclic) bond motifs is 5. The number of carbonyl (C=O) groups is 2. The van der Waals surface area contributed by atoms with Gasteiger partial charge in [-0.15, -0.1) is 0 Å². The van der Waals surface area contributed by atoms with Gasteiger partial charge in [0, 0.05) is 38.9 Å². The molecule has 148 valence electrons. The summed E-state index contributed by atoms with van der Waals surface area (Å²) >= 11 is 0. The molecule has 2 aliphatic carbocycles. The van der Waals surface area contributed by atoms with Crippen molar-refractivity contribution in [1.29, 1.82) is 0 Å². The summed E-state index contributed by atoms with van der Waals surface area (Å²) in [5.74, 6) is 0.886. The van der Waals surface area contributed by atoms with Crippen LogP contribution in [0.2, 0.25) is 0 Å². The molecule has 7 heteroatoms. The van der Waals surface area contributed by atoms with Crippen molar-refractivity contribution >= 4 is 17.6 Å². The molecule has 0 aromatic carbocycles. The quantitative estimate of drug-likeness (QED) is 0.586. The molecule has 0 radical (unpaired) electrons. The SMILES string of the molecule is O=C1C2C3C=CC(C3)C2C(=O)N1CC(O)CN1CCN(c2ccccn2)CC1. The number of aromatic nitrogens is 1. The van der Waals surface area contributed by atoms with Crippen LogP contribution in [0.3, 0.4) is 0 Å². The molecule has 2 aliphatic heterocycles. The van der Waals surface area contributed by atoms with Crippen molar-refractivity contribution in [3.63, 3.8) is 0 Å². The van der Waals surface area contributed by atoms with Gasteiger partial charge in [-0.25, -0.2) is 4.98 Å². The highest BCUT2D eigenvalue weighted by molar-refractivity contribution is 6.06. The van der Waals surface area contributed by atoms with Crippen molar-refractivity contribution in [3.8, 4) is 0 Å². The van der Waals surface area contributed by atoms with Gasteiger partial charge in [0.15, 0.2) is 0 Å². The lowest BCUT2D eigenvalue weighted by atomic mass is 9.85. The molecular formula is C21H26N4O3. The average molecular weight is 382 g/mol. The van der Waals surface area contributed by atoms with Crippen LogP contribution < -0.4 is 4.90 Å². The summed E-state index contributed by atoms with van der Waals surface area (Å²) < 4.78 is 0. The minimum Gasteiger partial charge on any atom is -0.390 e. The molecule has 2 saturated heterocycles. The Morgan fingerprint density at radius 1 is 1.00 bits per heavy atom. The topological polar surface area (TPSA) is 77.0 Å². The molecule has 3 heterocycles. The van der Waals surface area contributed by atoms with E-state index >= 15 is 0 Å². The van der Waals surface area contributed by atoms with Gasteiger partial charge < -0.3 is 10.0 Å². The number of hydrogen-bond acceptors (Lipinski definition) is 6. The van der Waals surface area contributed by atoms with Crippen LogP contribution in [0.15, 0.2) is 36.5 Å². The Morgan fingerprint density at radius 3 is 2.29 bits per heavy atom. The molecule has 28 heavy (non-hydrogen) atoms. The predicted molar refractivity (Wildman–Crippen MR) is 103 cm³/mol. The van der Waals surface area contributed by atoms with Crippen LogP contribution in [-0.4, -0.2) is 77.1 Å². The zero-order valence-electron chi connectivity index (χ0n) is 15.9. The Labute approximate surface area is 164 Å². The molecule has 2 amide bonds. The van der Waals surface area contributed by atoms with Crippen molar-refractivity contribution in [1.82, 2.24) is 14.8 Å². The Bertz CT molecular complexity index is 760. The van der Waals surface area contributed by atoms with Crippen LogP contribution in [0.4, 0.5) is 5.82 Å². The second kappa shape index (κ2) is 6.97. The van der Waals surface area contributed by atoms with Gasteiger partial charge in [-0.3, -0.25) is 19.4 Å². The van der Waals surface area contributed by atoms with Crippen LogP contribution in [0.5, 0.6) is 0 Å². The van der Waals surface area contributed by atoms with Gasteiger partial charge in [0.1, 0.15) is 5.82 Å². The van der Waals surface area contributed by atoms with Gasteiger partial charge in [-0.05, 0) is 30.4 Å². The molecule has 1 saturated carbocycles. The number of imide groups is 1. The van der Waals surface area contributed by atoms with Crippen LogP contribution in [0.25, 0.3) is 0 Å². The van der Waals surface area contributed by atoms with Gasteiger partial charge in [0.25, 0.3) is 0 Å². The van der Waals surface area contributed by atoms with E-state index in [1.54, 1.807) is 6.20 Å². The van der Waals surface area contributed by atoms with Crippen molar-refractivity contribution in [3.05, 3.63) is 36.5 Å². The molecule has 0 spiro atoms. The van der Waals surface area contributed by atoms with E-state index in [0.717, 1.165) is 38.4 Å². The van der Waals surface area contributed by atoms with Gasteiger partial charge in [-0.1, -0.05) is 18.2 Å². The van der Waals surface area contributed by atoms with Gasteiger partial charge in [0.05, 0.1) is 24.5 Å². The molecule has 3 fully saturated rings. The minimum absolute atomic E-state index is 0.0779. The fourth-order valence-corrected chi connectivity index (χ4v) is 5.41. The number of aliphatic hydroxyl groups is 1. The number of β-amino-alcohol motifs (C(OH)–C–C–N with tert-alkyl or cyclic N) is 1. The van der Waals surface area contributed by atoms with E-state index in [-0.39, 0.29) is 42.0 Å². The standard InChI is InChI=1S/C21H26N4O3/c26-16(12-23-7-9-24(10-8-23)17-3-1-2-6-22-17)13-25-20(27)18-14-4-5-15(11-14)19(18)21(25)28/h1-6,14-16,18-19,26H,7-13H2. The number of anilines is 1. The van der Waals surface area contributed by atoms with Crippen molar-refractivity contribution in [2.24, 2.45) is 23.7 Å². The van der Waals surface area contributed by atoms with E-state index in [9.17, 15) is 14.7 Å². The maximum atomic E-state index is 12.7. The fraction of sp³-hybridized carbons (Fsp3) is 0.571. The number of aliphatic hydroxyl groups excluding tert-OH is 1. The third kappa shape index (κ3) is 2.93. The Balaban J connectivity index is 1.14. The Morgan fingerprint density at radius 2 is 1.68 bits per heavy atom. The van der Waals surface area contributed by atoms with Crippen molar-refractivity contribution < 1.29 is 14.7 Å². The van der Waals surface area contributed by atoms with Crippen molar-refractivity contribution in [2.45, 2.75) is 12.5 Å². The summed E-state index contributed by atoms with van der Waals surface area (Å²) in [5.41, 5.74) is 0. The monoisotopic (exact) mass is 382 g/mol. The number of likely N-dealkylation sites (tertiary alicyclic amines) is 1. The van der Waals surface area contributed by atoms with Crippen LogP contribution in [-0.2, 0) is 9.59 Å². The lowest BCUT2D eigenvalue weighted by Crippen LogP contribution is -2.50. The summed E-state index contributed by atoms with van der Waals surface area (Å²) in [6, 6.07) is 5.90. The van der Waals surface area contributed by atoms with E-state index in [1.807, 2.05) is 18.2 Å². The molecule has 7 nitrogen and oxygen atoms in total. The molecule has 1 aromatic heterocycles. The summed E-state index contributed by atoms with van der Waals surface area (Å²) in [6.45, 7) is 3.96. The zero-order chi connectivity index (χ0) is 19.3. The van der Waals surface area contributed by atoms with E-state index in [1.165, 1.54) is 4.90 Å². The third-order valence-electron chi connectivity index (χ3n) is 6.77. The summed E-state index contributed by atoms with van der Waals surface area (Å²) in [5, 5.41) is 10.6. The maximum absolute atomic E-state index is 12.7. The number of nitrogens with zero attached hydrogens (tertiary/aromatic N) is 4. The lowest BCUT2D eigenvalue weighted by Gasteiger charge is -2.36. The first-order chi connectivity index (χ1) is 13.6. The van der Waals surface area contributed by atoms with E-state index < -0.39 is 6.10 Å². The third-order valence-corrected chi connectivity index (χ3v) is 6.77. The van der Waals surface area contributed by atoms with E-state index in [2.05, 4.69) is 26.9 Å². The molecule has 1 aromatic rings. The second-order valence-electron chi connectivity index (χ2n) is 8.42. The number of rotatable bonds is 5. The van der Waals surface area contributed by atoms with Crippen LogP contribution >= 0.6 is 0 Å². The molecule has 2 bridgehead atoms. The highest BCUT2D eigenvalue weighted by atomic mass is 16.3. The highest BCUT2D eigenvalue weighted by Gasteiger charge is 2.59. The summed E-state index contributed by atoms with van der Waals surface area (Å²) in [7, 11) is 0. The normalized spacial score (nSPS) is 33.0. The predicted octanol–water partition coefficient (Wildman–Crippen LogP) is 0.372. The molecular weight excluding hydrogens is 356 g/mol. The number of amides is 2. The van der Waals surface area contributed by atoms with Gasteiger partial charge in [0.2, 0.25) is 11.8 Å². The largest absolute Gasteiger partial charge is 0.390 e. The first kappa shape index (κ1) is 17.8.